The second-order valence-corrected chi connectivity index (χ2v) is 4.71. The predicted octanol–water partition coefficient (Wildman–Crippen LogP) is 4.79. The maximum absolute atomic E-state index is 6.07. The van der Waals surface area contributed by atoms with Gasteiger partial charge in [-0.05, 0) is 41.8 Å². The number of hydrogen-bond donors (Lipinski definition) is 0. The fourth-order valence-electron chi connectivity index (χ4n) is 2.42. The van der Waals surface area contributed by atoms with Crippen LogP contribution in [0.4, 0.5) is 0 Å². The molecule has 4 rings (SSSR count). The SMILES string of the molecule is Clc1ccc2oc3ccc4cnccc4c3c2c1. The molecule has 2 nitrogen and oxygen atoms in total. The standard InChI is InChI=1S/C15H8ClNO/c16-10-2-4-13-12(7-10)15-11-5-6-17-8-9(11)1-3-14(15)18-13/h1-8H. The molecule has 0 unspecified atom stereocenters. The number of benzene rings is 2. The van der Waals surface area contributed by atoms with Crippen molar-refractivity contribution in [2.24, 2.45) is 0 Å². The van der Waals surface area contributed by atoms with Gasteiger partial charge in [-0.25, -0.2) is 0 Å². The van der Waals surface area contributed by atoms with Gasteiger partial charge < -0.3 is 4.42 Å². The minimum Gasteiger partial charge on any atom is -0.456 e. The smallest absolute Gasteiger partial charge is 0.136 e. The fourth-order valence-corrected chi connectivity index (χ4v) is 2.59. The van der Waals surface area contributed by atoms with Gasteiger partial charge in [-0.2, -0.15) is 0 Å². The first-order chi connectivity index (χ1) is 8.83. The van der Waals surface area contributed by atoms with E-state index in [2.05, 4.69) is 4.98 Å². The zero-order valence-corrected chi connectivity index (χ0v) is 10.1. The molecular formula is C15H8ClNO. The topological polar surface area (TPSA) is 26.0 Å². The molecule has 0 aliphatic carbocycles. The molecule has 86 valence electrons. The molecule has 3 heteroatoms. The highest BCUT2D eigenvalue weighted by Gasteiger charge is 2.10. The minimum atomic E-state index is 0.719. The molecule has 0 saturated carbocycles. The van der Waals surface area contributed by atoms with Gasteiger partial charge in [0.1, 0.15) is 11.2 Å². The van der Waals surface area contributed by atoms with Crippen molar-refractivity contribution < 1.29 is 4.42 Å². The number of halogens is 1. The fraction of sp³-hybridized carbons (Fsp3) is 0. The van der Waals surface area contributed by atoms with Crippen molar-refractivity contribution in [2.45, 2.75) is 0 Å². The van der Waals surface area contributed by atoms with Crippen LogP contribution in [0.3, 0.4) is 0 Å². The molecule has 0 aliphatic rings. The van der Waals surface area contributed by atoms with Gasteiger partial charge in [0.15, 0.2) is 0 Å². The zero-order valence-electron chi connectivity index (χ0n) is 9.35. The van der Waals surface area contributed by atoms with Crippen LogP contribution in [-0.4, -0.2) is 4.98 Å². The molecule has 2 aromatic carbocycles. The summed E-state index contributed by atoms with van der Waals surface area (Å²) in [5.74, 6) is 0. The van der Waals surface area contributed by atoms with E-state index in [1.807, 2.05) is 42.6 Å². The van der Waals surface area contributed by atoms with E-state index in [4.69, 9.17) is 16.0 Å². The molecule has 0 bridgehead atoms. The molecule has 0 atom stereocenters. The summed E-state index contributed by atoms with van der Waals surface area (Å²) in [4.78, 5) is 4.15. The third kappa shape index (κ3) is 1.27. The second kappa shape index (κ2) is 3.47. The number of furan rings is 1. The Balaban J connectivity index is 2.35. The van der Waals surface area contributed by atoms with Crippen LogP contribution in [0.5, 0.6) is 0 Å². The van der Waals surface area contributed by atoms with Crippen molar-refractivity contribution in [2.75, 3.05) is 0 Å². The summed E-state index contributed by atoms with van der Waals surface area (Å²) in [5, 5.41) is 5.12. The van der Waals surface area contributed by atoms with E-state index in [0.717, 1.165) is 37.7 Å². The number of hydrogen-bond acceptors (Lipinski definition) is 2. The van der Waals surface area contributed by atoms with Gasteiger partial charge >= 0.3 is 0 Å². The summed E-state index contributed by atoms with van der Waals surface area (Å²) in [6, 6.07) is 11.7. The van der Waals surface area contributed by atoms with E-state index in [0.29, 0.717) is 0 Å². The first kappa shape index (κ1) is 9.92. The first-order valence-corrected chi connectivity index (χ1v) is 6.05. The number of fused-ring (bicyclic) bond motifs is 5. The van der Waals surface area contributed by atoms with Crippen molar-refractivity contribution in [3.05, 3.63) is 53.8 Å². The van der Waals surface area contributed by atoms with Crippen molar-refractivity contribution in [3.63, 3.8) is 0 Å². The molecule has 0 aliphatic heterocycles. The van der Waals surface area contributed by atoms with Crippen LogP contribution in [0.15, 0.2) is 53.2 Å². The summed E-state index contributed by atoms with van der Waals surface area (Å²) >= 11 is 6.07. The van der Waals surface area contributed by atoms with E-state index >= 15 is 0 Å². The lowest BCUT2D eigenvalue weighted by molar-refractivity contribution is 0.669. The molecule has 0 spiro atoms. The van der Waals surface area contributed by atoms with Gasteiger partial charge in [-0.3, -0.25) is 4.98 Å². The molecule has 2 heterocycles. The molecule has 18 heavy (non-hydrogen) atoms. The second-order valence-electron chi connectivity index (χ2n) is 4.28. The van der Waals surface area contributed by atoms with Crippen LogP contribution in [0, 0.1) is 0 Å². The first-order valence-electron chi connectivity index (χ1n) is 5.67. The molecule has 0 fully saturated rings. The van der Waals surface area contributed by atoms with E-state index < -0.39 is 0 Å². The highest BCUT2D eigenvalue weighted by Crippen LogP contribution is 2.35. The Morgan fingerprint density at radius 3 is 2.78 bits per heavy atom. The average Bonchev–Trinajstić information content (AvgIpc) is 2.77. The third-order valence-corrected chi connectivity index (χ3v) is 3.45. The van der Waals surface area contributed by atoms with Crippen molar-refractivity contribution >= 4 is 44.3 Å². The van der Waals surface area contributed by atoms with Crippen LogP contribution in [0.2, 0.25) is 5.02 Å². The Kier molecular flexibility index (Phi) is 1.91. The van der Waals surface area contributed by atoms with E-state index in [-0.39, 0.29) is 0 Å². The highest BCUT2D eigenvalue weighted by atomic mass is 35.5. The van der Waals surface area contributed by atoms with Crippen LogP contribution in [0.25, 0.3) is 32.7 Å². The highest BCUT2D eigenvalue weighted by molar-refractivity contribution is 6.32. The number of pyridine rings is 1. The maximum Gasteiger partial charge on any atom is 0.136 e. The van der Waals surface area contributed by atoms with Crippen LogP contribution >= 0.6 is 11.6 Å². The summed E-state index contributed by atoms with van der Waals surface area (Å²) in [5.41, 5.74) is 1.74. The van der Waals surface area contributed by atoms with Gasteiger partial charge in [0.25, 0.3) is 0 Å². The lowest BCUT2D eigenvalue weighted by Gasteiger charge is -1.98. The summed E-state index contributed by atoms with van der Waals surface area (Å²) in [7, 11) is 0. The molecule has 0 N–H and O–H groups in total. The third-order valence-electron chi connectivity index (χ3n) is 3.21. The molecule has 0 amide bonds. The molecule has 0 saturated heterocycles. The van der Waals surface area contributed by atoms with E-state index in [9.17, 15) is 0 Å². The molecule has 4 aromatic rings. The summed E-state index contributed by atoms with van der Waals surface area (Å²) < 4.78 is 5.84. The number of rotatable bonds is 0. The van der Waals surface area contributed by atoms with Crippen LogP contribution in [0.1, 0.15) is 0 Å². The summed E-state index contributed by atoms with van der Waals surface area (Å²) in [6.45, 7) is 0. The van der Waals surface area contributed by atoms with Gasteiger partial charge in [0, 0.05) is 33.6 Å². The average molecular weight is 254 g/mol. The number of nitrogens with zero attached hydrogens (tertiary/aromatic N) is 1. The van der Waals surface area contributed by atoms with Crippen molar-refractivity contribution in [1.82, 2.24) is 4.98 Å². The molecule has 0 radical (unpaired) electrons. The Morgan fingerprint density at radius 1 is 0.944 bits per heavy atom. The van der Waals surface area contributed by atoms with Crippen LogP contribution in [-0.2, 0) is 0 Å². The number of aromatic nitrogens is 1. The quantitative estimate of drug-likeness (QED) is 0.450. The normalized spacial score (nSPS) is 11.6. The Morgan fingerprint density at radius 2 is 1.83 bits per heavy atom. The minimum absolute atomic E-state index is 0.719. The van der Waals surface area contributed by atoms with Crippen molar-refractivity contribution in [1.29, 1.82) is 0 Å². The van der Waals surface area contributed by atoms with Gasteiger partial charge in [0.05, 0.1) is 0 Å². The lowest BCUT2D eigenvalue weighted by Crippen LogP contribution is -1.76. The van der Waals surface area contributed by atoms with Gasteiger partial charge in [-0.1, -0.05) is 11.6 Å². The van der Waals surface area contributed by atoms with E-state index in [1.54, 1.807) is 6.20 Å². The van der Waals surface area contributed by atoms with E-state index in [1.165, 1.54) is 0 Å². The Bertz CT molecular complexity index is 895. The molecular weight excluding hydrogens is 246 g/mol. The van der Waals surface area contributed by atoms with Gasteiger partial charge in [0.2, 0.25) is 0 Å². The lowest BCUT2D eigenvalue weighted by atomic mass is 10.1. The molecule has 2 aromatic heterocycles. The van der Waals surface area contributed by atoms with Gasteiger partial charge in [-0.15, -0.1) is 0 Å². The largest absolute Gasteiger partial charge is 0.456 e. The summed E-state index contributed by atoms with van der Waals surface area (Å²) in [6.07, 6.45) is 3.66. The van der Waals surface area contributed by atoms with Crippen LogP contribution < -0.4 is 0 Å². The zero-order chi connectivity index (χ0) is 12.1. The Hall–Kier alpha value is -2.06. The Labute approximate surface area is 108 Å². The maximum atomic E-state index is 6.07. The van der Waals surface area contributed by atoms with Crippen molar-refractivity contribution in [3.8, 4) is 0 Å². The predicted molar refractivity (Wildman–Crippen MR) is 74.0 cm³/mol. The monoisotopic (exact) mass is 253 g/mol.